The third-order valence-electron chi connectivity index (χ3n) is 4.97. The number of anilines is 1. The molecule has 0 aliphatic heterocycles. The van der Waals surface area contributed by atoms with Gasteiger partial charge in [0.25, 0.3) is 10.0 Å². The third kappa shape index (κ3) is 5.64. The Kier molecular flexibility index (Phi) is 8.15. The number of hydrogen-bond acceptors (Lipinski definition) is 6. The number of nitrogens with zero attached hydrogens (tertiary/aromatic N) is 2. The summed E-state index contributed by atoms with van der Waals surface area (Å²) < 4.78 is 78.0. The van der Waals surface area contributed by atoms with Crippen LogP contribution < -0.4 is 4.31 Å². The van der Waals surface area contributed by atoms with E-state index < -0.39 is 44.2 Å². The van der Waals surface area contributed by atoms with E-state index in [4.69, 9.17) is 32.7 Å². The maximum atomic E-state index is 13.5. The summed E-state index contributed by atoms with van der Waals surface area (Å²) in [4.78, 5) is 16.7. The normalized spacial score (nSPS) is 14.3. The minimum Gasteiger partial charge on any atom is -0.496 e. The predicted octanol–water partition coefficient (Wildman–Crippen LogP) is 5.64. The van der Waals surface area contributed by atoms with Gasteiger partial charge in [0.2, 0.25) is 5.78 Å². The minimum atomic E-state index is -4.90. The van der Waals surface area contributed by atoms with Crippen LogP contribution in [0.2, 0.25) is 10.0 Å². The van der Waals surface area contributed by atoms with Crippen molar-refractivity contribution in [3.05, 3.63) is 75.2 Å². The zero-order chi connectivity index (χ0) is 26.0. The van der Waals surface area contributed by atoms with E-state index in [-0.39, 0.29) is 27.7 Å². The molecule has 0 N–H and O–H groups in total. The molecule has 0 unspecified atom stereocenters. The number of halogens is 5. The largest absolute Gasteiger partial charge is 0.496 e. The summed E-state index contributed by atoms with van der Waals surface area (Å²) in [5, 5.41) is -0.682. The van der Waals surface area contributed by atoms with E-state index in [0.717, 1.165) is 18.3 Å². The number of ketones is 1. The first-order valence-corrected chi connectivity index (χ1v) is 12.1. The van der Waals surface area contributed by atoms with Crippen LogP contribution in [-0.2, 0) is 25.7 Å². The van der Waals surface area contributed by atoms with Crippen molar-refractivity contribution in [3.63, 3.8) is 0 Å². The number of aromatic nitrogens is 1. The summed E-state index contributed by atoms with van der Waals surface area (Å²) in [6.07, 6.45) is 0.776. The Hall–Kier alpha value is -2.60. The number of methoxy groups -OCH3 is 2. The average Bonchev–Trinajstić information content (AvgIpc) is 2.81. The molecule has 1 aromatic carbocycles. The summed E-state index contributed by atoms with van der Waals surface area (Å²) in [6.45, 7) is -0.652. The van der Waals surface area contributed by atoms with Crippen molar-refractivity contribution in [1.29, 1.82) is 0 Å². The molecule has 0 fully saturated rings. The van der Waals surface area contributed by atoms with Gasteiger partial charge in [-0.15, -0.1) is 0 Å². The fraction of sp³-hybridized carbons (Fsp3) is 0.273. The molecule has 7 nitrogen and oxygen atoms in total. The smallest absolute Gasteiger partial charge is 0.417 e. The van der Waals surface area contributed by atoms with E-state index in [1.165, 1.54) is 20.3 Å². The zero-order valence-electron chi connectivity index (χ0n) is 18.4. The van der Waals surface area contributed by atoms with Crippen LogP contribution in [0.3, 0.4) is 0 Å². The monoisotopic (exact) mass is 550 g/mol. The molecule has 2 aromatic rings. The zero-order valence-corrected chi connectivity index (χ0v) is 20.7. The van der Waals surface area contributed by atoms with Crippen molar-refractivity contribution < 1.29 is 35.9 Å². The summed E-state index contributed by atoms with van der Waals surface area (Å²) in [7, 11) is -2.14. The number of sulfonamides is 1. The first-order chi connectivity index (χ1) is 16.4. The lowest BCUT2D eigenvalue weighted by Crippen LogP contribution is -2.34. The van der Waals surface area contributed by atoms with Gasteiger partial charge in [0.15, 0.2) is 0 Å². The van der Waals surface area contributed by atoms with E-state index in [2.05, 4.69) is 4.98 Å². The molecule has 0 spiro atoms. The molecule has 3 rings (SSSR count). The molecule has 188 valence electrons. The number of benzene rings is 1. The highest BCUT2D eigenvalue weighted by molar-refractivity contribution is 7.92. The minimum absolute atomic E-state index is 0.0138. The van der Waals surface area contributed by atoms with Crippen LogP contribution in [0, 0.1) is 0 Å². The fourth-order valence-electron chi connectivity index (χ4n) is 3.37. The van der Waals surface area contributed by atoms with Crippen LogP contribution in [0.1, 0.15) is 28.9 Å². The number of alkyl halides is 3. The van der Waals surface area contributed by atoms with Crippen LogP contribution >= 0.6 is 23.2 Å². The first kappa shape index (κ1) is 27.0. The van der Waals surface area contributed by atoms with Crippen molar-refractivity contribution in [3.8, 4) is 0 Å². The maximum Gasteiger partial charge on any atom is 0.417 e. The maximum absolute atomic E-state index is 13.5. The van der Waals surface area contributed by atoms with Gasteiger partial charge in [0.1, 0.15) is 18.2 Å². The molecule has 0 amide bonds. The third-order valence-corrected chi connectivity index (χ3v) is 7.24. The number of allylic oxidation sites excluding steroid dienone is 3. The lowest BCUT2D eigenvalue weighted by molar-refractivity contribution is -0.137. The second-order valence-electron chi connectivity index (χ2n) is 7.23. The number of rotatable bonds is 8. The molecule has 1 heterocycles. The summed E-state index contributed by atoms with van der Waals surface area (Å²) in [5.74, 6) is -0.370. The Balaban J connectivity index is 2.18. The Bertz CT molecular complexity index is 1310. The summed E-state index contributed by atoms with van der Waals surface area (Å²) in [5.41, 5.74) is -1.76. The van der Waals surface area contributed by atoms with Gasteiger partial charge in [-0.2, -0.15) is 13.2 Å². The molecule has 1 aliphatic rings. The van der Waals surface area contributed by atoms with E-state index in [1.807, 2.05) is 0 Å². The molecule has 1 aromatic heterocycles. The van der Waals surface area contributed by atoms with Crippen molar-refractivity contribution in [2.45, 2.75) is 23.9 Å². The SMILES string of the molecule is COCN(c1cc(Cl)cnc1C(=O)C1=CCCC=C1OC)S(=O)(=O)c1ccc(Cl)c(C(F)(F)F)c1. The Morgan fingerprint density at radius 3 is 2.46 bits per heavy atom. The lowest BCUT2D eigenvalue weighted by atomic mass is 9.98. The predicted molar refractivity (Wildman–Crippen MR) is 124 cm³/mol. The lowest BCUT2D eigenvalue weighted by Gasteiger charge is -2.26. The summed E-state index contributed by atoms with van der Waals surface area (Å²) >= 11 is 11.7. The first-order valence-electron chi connectivity index (χ1n) is 9.95. The Morgan fingerprint density at radius 2 is 1.83 bits per heavy atom. The number of carbonyl (C=O) groups excluding carboxylic acids is 1. The Labute approximate surface area is 209 Å². The van der Waals surface area contributed by atoms with Crippen LogP contribution in [0.5, 0.6) is 0 Å². The van der Waals surface area contributed by atoms with Crippen LogP contribution in [0.4, 0.5) is 18.9 Å². The average molecular weight is 551 g/mol. The quantitative estimate of drug-likeness (QED) is 0.312. The molecule has 0 saturated heterocycles. The number of carbonyl (C=O) groups is 1. The molecular formula is C22H19Cl2F3N2O5S. The van der Waals surface area contributed by atoms with Crippen molar-refractivity contribution >= 4 is 44.7 Å². The van der Waals surface area contributed by atoms with Gasteiger partial charge < -0.3 is 9.47 Å². The van der Waals surface area contributed by atoms with E-state index in [1.54, 1.807) is 12.2 Å². The van der Waals surface area contributed by atoms with E-state index in [0.29, 0.717) is 23.2 Å². The molecule has 0 radical (unpaired) electrons. The second-order valence-corrected chi connectivity index (χ2v) is 9.93. The van der Waals surface area contributed by atoms with Crippen molar-refractivity contribution in [1.82, 2.24) is 4.98 Å². The van der Waals surface area contributed by atoms with Gasteiger partial charge in [0, 0.05) is 13.3 Å². The molecule has 0 atom stereocenters. The van der Waals surface area contributed by atoms with Crippen molar-refractivity contribution in [2.24, 2.45) is 0 Å². The Morgan fingerprint density at radius 1 is 1.14 bits per heavy atom. The van der Waals surface area contributed by atoms with Gasteiger partial charge >= 0.3 is 6.18 Å². The molecule has 35 heavy (non-hydrogen) atoms. The summed E-state index contributed by atoms with van der Waals surface area (Å²) in [6, 6.07) is 3.32. The van der Waals surface area contributed by atoms with E-state index in [9.17, 15) is 26.4 Å². The van der Waals surface area contributed by atoms with Crippen molar-refractivity contribution in [2.75, 3.05) is 25.3 Å². The highest BCUT2D eigenvalue weighted by Crippen LogP contribution is 2.38. The molecule has 0 bridgehead atoms. The second kappa shape index (κ2) is 10.6. The van der Waals surface area contributed by atoms with Crippen LogP contribution in [-0.4, -0.2) is 40.1 Å². The van der Waals surface area contributed by atoms with E-state index >= 15 is 0 Å². The highest BCUT2D eigenvalue weighted by Gasteiger charge is 2.37. The van der Waals surface area contributed by atoms with Gasteiger partial charge in [-0.25, -0.2) is 17.7 Å². The van der Waals surface area contributed by atoms with Crippen LogP contribution in [0.25, 0.3) is 0 Å². The van der Waals surface area contributed by atoms with Gasteiger partial charge in [-0.3, -0.25) is 4.79 Å². The molecular weight excluding hydrogens is 532 g/mol. The van der Waals surface area contributed by atoms with Crippen LogP contribution in [0.15, 0.2) is 58.8 Å². The fourth-order valence-corrected chi connectivity index (χ4v) is 5.15. The molecule has 1 aliphatic carbocycles. The highest BCUT2D eigenvalue weighted by atomic mass is 35.5. The van der Waals surface area contributed by atoms with Gasteiger partial charge in [0.05, 0.1) is 38.9 Å². The standard InChI is InChI=1S/C22H19Cl2F3N2O5S/c1-33-12-29(35(31,32)14-7-8-17(24)16(10-14)22(25,26)27)18-9-13(23)11-28-20(18)21(30)15-5-3-4-6-19(15)34-2/h5-11H,3-4,12H2,1-2H3. The molecule has 13 heteroatoms. The number of Topliss-reactive ketones (excluding diaryl/α,β-unsaturated/α-hetero) is 1. The number of ether oxygens (including phenoxy) is 2. The van der Waals surface area contributed by atoms with Gasteiger partial charge in [-0.1, -0.05) is 29.3 Å². The number of hydrogen-bond donors (Lipinski definition) is 0. The topological polar surface area (TPSA) is 85.8 Å². The number of pyridine rings is 1. The van der Waals surface area contributed by atoms with Gasteiger partial charge in [-0.05, 0) is 43.2 Å². The molecule has 0 saturated carbocycles.